The van der Waals surface area contributed by atoms with E-state index in [1.165, 1.54) is 0 Å². The van der Waals surface area contributed by atoms with Gasteiger partial charge in [0.05, 0.1) is 12.7 Å². The van der Waals surface area contributed by atoms with Crippen molar-refractivity contribution in [3.05, 3.63) is 12.7 Å². The summed E-state index contributed by atoms with van der Waals surface area (Å²) < 4.78 is 5.29. The third-order valence-electron chi connectivity index (χ3n) is 5.13. The fraction of sp³-hybridized carbons (Fsp3) is 0.812. The van der Waals surface area contributed by atoms with Gasteiger partial charge < -0.3 is 14.7 Å². The molecule has 20 heavy (non-hydrogen) atoms. The second kappa shape index (κ2) is 5.86. The molecule has 4 heteroatoms. The molecule has 2 bridgehead atoms. The van der Waals surface area contributed by atoms with Crippen LogP contribution in [-0.2, 0) is 9.53 Å². The van der Waals surface area contributed by atoms with E-state index < -0.39 is 11.5 Å². The van der Waals surface area contributed by atoms with Crippen LogP contribution in [-0.4, -0.2) is 48.3 Å². The smallest absolute Gasteiger partial charge is 0.316 e. The highest BCUT2D eigenvalue weighted by molar-refractivity contribution is 5.78. The Kier molecular flexibility index (Phi) is 4.55. The van der Waals surface area contributed by atoms with Crippen LogP contribution < -0.4 is 0 Å². The normalized spacial score (nSPS) is 37.5. The van der Waals surface area contributed by atoms with Crippen LogP contribution in [0.2, 0.25) is 0 Å². The summed E-state index contributed by atoms with van der Waals surface area (Å²) in [6.07, 6.45) is 4.67. The number of fused-ring (bicyclic) bond motifs is 2. The minimum absolute atomic E-state index is 0.223. The number of esters is 1. The zero-order valence-corrected chi connectivity index (χ0v) is 12.7. The van der Waals surface area contributed by atoms with Gasteiger partial charge in [-0.05, 0) is 32.7 Å². The first-order valence-electron chi connectivity index (χ1n) is 7.73. The van der Waals surface area contributed by atoms with E-state index >= 15 is 0 Å². The van der Waals surface area contributed by atoms with E-state index in [2.05, 4.69) is 18.4 Å². The van der Waals surface area contributed by atoms with E-state index in [0.29, 0.717) is 13.2 Å². The third-order valence-corrected chi connectivity index (χ3v) is 5.13. The zero-order valence-electron chi connectivity index (χ0n) is 12.7. The van der Waals surface area contributed by atoms with E-state index in [4.69, 9.17) is 4.74 Å². The Balaban J connectivity index is 2.38. The molecule has 2 rings (SSSR count). The number of hydrogen-bond donors (Lipinski definition) is 1. The van der Waals surface area contributed by atoms with Crippen molar-refractivity contribution in [3.63, 3.8) is 0 Å². The van der Waals surface area contributed by atoms with Crippen molar-refractivity contribution in [1.82, 2.24) is 4.90 Å². The molecule has 1 saturated heterocycles. The Morgan fingerprint density at radius 3 is 2.80 bits per heavy atom. The largest absolute Gasteiger partial charge is 0.465 e. The summed E-state index contributed by atoms with van der Waals surface area (Å²) in [5.41, 5.74) is -0.980. The van der Waals surface area contributed by atoms with Crippen molar-refractivity contribution < 1.29 is 14.6 Å². The number of nitrogens with zero attached hydrogens (tertiary/aromatic N) is 1. The lowest BCUT2D eigenvalue weighted by molar-refractivity contribution is -0.199. The van der Waals surface area contributed by atoms with Gasteiger partial charge in [0, 0.05) is 18.5 Å². The van der Waals surface area contributed by atoms with Gasteiger partial charge >= 0.3 is 5.97 Å². The summed E-state index contributed by atoms with van der Waals surface area (Å²) in [6, 6.07) is 0. The van der Waals surface area contributed by atoms with Crippen molar-refractivity contribution in [3.8, 4) is 0 Å². The minimum Gasteiger partial charge on any atom is -0.465 e. The van der Waals surface area contributed by atoms with Gasteiger partial charge in [-0.25, -0.2) is 0 Å². The summed E-state index contributed by atoms with van der Waals surface area (Å²) >= 11 is 0. The lowest BCUT2D eigenvalue weighted by Gasteiger charge is -2.57. The highest BCUT2D eigenvalue weighted by Gasteiger charge is 2.61. The molecule has 114 valence electrons. The zero-order chi connectivity index (χ0) is 14.8. The van der Waals surface area contributed by atoms with E-state index in [1.54, 1.807) is 0 Å². The van der Waals surface area contributed by atoms with Gasteiger partial charge in [-0.1, -0.05) is 19.4 Å². The van der Waals surface area contributed by atoms with Crippen molar-refractivity contribution in [2.24, 2.45) is 10.8 Å². The summed E-state index contributed by atoms with van der Waals surface area (Å²) in [4.78, 5) is 14.8. The first-order valence-corrected chi connectivity index (χ1v) is 7.73. The van der Waals surface area contributed by atoms with Crippen molar-refractivity contribution in [2.45, 2.75) is 45.6 Å². The monoisotopic (exact) mass is 281 g/mol. The highest BCUT2D eigenvalue weighted by atomic mass is 16.5. The number of aliphatic hydroxyl groups is 1. The fourth-order valence-electron chi connectivity index (χ4n) is 4.19. The van der Waals surface area contributed by atoms with Gasteiger partial charge in [0.1, 0.15) is 5.41 Å². The molecule has 0 aromatic carbocycles. The predicted octanol–water partition coefficient (Wildman–Crippen LogP) is 1.98. The molecule has 1 heterocycles. The molecular formula is C16H27NO3. The van der Waals surface area contributed by atoms with Crippen LogP contribution >= 0.6 is 0 Å². The molecule has 0 aromatic rings. The molecule has 1 saturated carbocycles. The van der Waals surface area contributed by atoms with Gasteiger partial charge in [-0.2, -0.15) is 0 Å². The maximum absolute atomic E-state index is 12.5. The van der Waals surface area contributed by atoms with Crippen molar-refractivity contribution >= 4 is 5.97 Å². The Bertz CT molecular complexity index is 384. The van der Waals surface area contributed by atoms with Crippen LogP contribution in [0.15, 0.2) is 12.7 Å². The number of piperidine rings is 1. The Hall–Kier alpha value is -0.870. The maximum Gasteiger partial charge on any atom is 0.316 e. The number of hydrogen-bond acceptors (Lipinski definition) is 4. The summed E-state index contributed by atoms with van der Waals surface area (Å²) in [5, 5.41) is 11.0. The fourth-order valence-corrected chi connectivity index (χ4v) is 4.19. The van der Waals surface area contributed by atoms with Gasteiger partial charge in [-0.3, -0.25) is 4.79 Å². The van der Waals surface area contributed by atoms with E-state index in [1.807, 2.05) is 13.0 Å². The number of allylic oxidation sites excluding steroid dienone is 1. The molecular weight excluding hydrogens is 254 g/mol. The average molecular weight is 281 g/mol. The van der Waals surface area contributed by atoms with Crippen LogP contribution in [0.1, 0.15) is 39.5 Å². The molecule has 3 atom stereocenters. The molecule has 4 nitrogen and oxygen atoms in total. The van der Waals surface area contributed by atoms with Crippen LogP contribution in [0.25, 0.3) is 0 Å². The van der Waals surface area contributed by atoms with E-state index in [-0.39, 0.29) is 11.4 Å². The van der Waals surface area contributed by atoms with Gasteiger partial charge in [0.15, 0.2) is 0 Å². The van der Waals surface area contributed by atoms with Crippen molar-refractivity contribution in [2.75, 3.05) is 26.2 Å². The molecule has 1 N–H and O–H groups in total. The Labute approximate surface area is 121 Å². The lowest BCUT2D eigenvalue weighted by atomic mass is 9.55. The maximum atomic E-state index is 12.5. The van der Waals surface area contributed by atoms with Crippen LogP contribution in [0, 0.1) is 10.8 Å². The Morgan fingerprint density at radius 1 is 1.45 bits per heavy atom. The first-order chi connectivity index (χ1) is 9.54. The molecule has 0 unspecified atom stereocenters. The summed E-state index contributed by atoms with van der Waals surface area (Å²) in [7, 11) is 0. The molecule has 0 aromatic heterocycles. The SMILES string of the molecule is C=CC[C@@]12CCC[C@@](C(=O)OCC)(CN(CC)C1)[C@@H]2O. The molecule has 2 fully saturated rings. The number of carbonyl (C=O) groups excluding carboxylic acids is 1. The molecule has 1 aliphatic heterocycles. The highest BCUT2D eigenvalue weighted by Crippen LogP contribution is 2.53. The molecule has 0 spiro atoms. The van der Waals surface area contributed by atoms with Crippen LogP contribution in [0.5, 0.6) is 0 Å². The molecule has 0 amide bonds. The topological polar surface area (TPSA) is 49.8 Å². The third kappa shape index (κ3) is 2.29. The molecule has 1 aliphatic carbocycles. The minimum atomic E-state index is -0.745. The standard InChI is InChI=1S/C16H27NO3/c1-4-8-15-9-7-10-16(13(15)18,14(19)20-6-3)12-17(5-2)11-15/h4,13,18H,1,5-12H2,2-3H3/t13-,15-,16-/m1/s1. The van der Waals surface area contributed by atoms with Gasteiger partial charge in [0.2, 0.25) is 0 Å². The second-order valence-corrected chi connectivity index (χ2v) is 6.29. The number of carbonyl (C=O) groups is 1. The number of likely N-dealkylation sites (tertiary alicyclic amines) is 1. The van der Waals surface area contributed by atoms with Gasteiger partial charge in [0.25, 0.3) is 0 Å². The van der Waals surface area contributed by atoms with E-state index in [0.717, 1.165) is 38.8 Å². The number of aliphatic hydroxyl groups excluding tert-OH is 1. The molecule has 2 aliphatic rings. The van der Waals surface area contributed by atoms with Gasteiger partial charge in [-0.15, -0.1) is 6.58 Å². The molecule has 0 radical (unpaired) electrons. The Morgan fingerprint density at radius 2 is 2.20 bits per heavy atom. The average Bonchev–Trinajstić information content (AvgIpc) is 2.41. The van der Waals surface area contributed by atoms with Crippen LogP contribution in [0.4, 0.5) is 0 Å². The summed E-state index contributed by atoms with van der Waals surface area (Å²) in [6.45, 7) is 10.5. The summed E-state index contributed by atoms with van der Waals surface area (Å²) in [5.74, 6) is -0.223. The van der Waals surface area contributed by atoms with E-state index in [9.17, 15) is 9.90 Å². The first kappa shape index (κ1) is 15.5. The number of rotatable bonds is 5. The quantitative estimate of drug-likeness (QED) is 0.618. The second-order valence-electron chi connectivity index (χ2n) is 6.29. The number of ether oxygens (including phenoxy) is 1. The lowest BCUT2D eigenvalue weighted by Crippen LogP contribution is -2.67. The van der Waals surface area contributed by atoms with Crippen LogP contribution in [0.3, 0.4) is 0 Å². The predicted molar refractivity (Wildman–Crippen MR) is 78.3 cm³/mol. The van der Waals surface area contributed by atoms with Crippen molar-refractivity contribution in [1.29, 1.82) is 0 Å².